The number of anilines is 2. The summed E-state index contributed by atoms with van der Waals surface area (Å²) in [4.78, 5) is 18.7. The second-order valence-electron chi connectivity index (χ2n) is 10.2. The Morgan fingerprint density at radius 2 is 2.05 bits per heavy atom. The highest BCUT2D eigenvalue weighted by atomic mass is 19.4. The highest BCUT2D eigenvalue weighted by molar-refractivity contribution is 6.04. The van der Waals surface area contributed by atoms with E-state index in [2.05, 4.69) is 22.8 Å². The maximum absolute atomic E-state index is 12.8. The predicted octanol–water partition coefficient (Wildman–Crippen LogP) is 5.04. The van der Waals surface area contributed by atoms with Crippen molar-refractivity contribution in [2.45, 2.75) is 63.8 Å². The van der Waals surface area contributed by atoms with Crippen LogP contribution in [0.25, 0.3) is 0 Å². The van der Waals surface area contributed by atoms with E-state index in [4.69, 9.17) is 15.1 Å². The summed E-state index contributed by atoms with van der Waals surface area (Å²) in [5.74, 6) is -0.0987. The van der Waals surface area contributed by atoms with Gasteiger partial charge in [0.15, 0.2) is 0 Å². The number of aliphatic carboxylic acids is 1. The monoisotopic (exact) mass is 547 g/mol. The summed E-state index contributed by atoms with van der Waals surface area (Å²) in [7, 11) is 0. The third kappa shape index (κ3) is 7.69. The first-order valence-corrected chi connectivity index (χ1v) is 13.4. The van der Waals surface area contributed by atoms with E-state index < -0.39 is 24.7 Å². The lowest BCUT2D eigenvalue weighted by atomic mass is 9.92. The van der Waals surface area contributed by atoms with Gasteiger partial charge in [-0.1, -0.05) is 24.6 Å². The lowest BCUT2D eigenvalue weighted by Gasteiger charge is -2.43. The summed E-state index contributed by atoms with van der Waals surface area (Å²) in [6.07, 6.45) is 1.50. The Kier molecular flexibility index (Phi) is 9.45. The van der Waals surface area contributed by atoms with Crippen molar-refractivity contribution in [1.29, 1.82) is 5.41 Å². The van der Waals surface area contributed by atoms with Crippen LogP contribution in [0.5, 0.6) is 0 Å². The summed E-state index contributed by atoms with van der Waals surface area (Å²) >= 11 is 0. The number of benzene rings is 1. The number of pyridine rings is 1. The van der Waals surface area contributed by atoms with E-state index in [1.54, 1.807) is 11.0 Å². The second kappa shape index (κ2) is 12.8. The van der Waals surface area contributed by atoms with E-state index in [-0.39, 0.29) is 23.1 Å². The molecular formula is C28H36F3N5O3. The highest BCUT2D eigenvalue weighted by Crippen LogP contribution is 2.34. The van der Waals surface area contributed by atoms with E-state index >= 15 is 0 Å². The largest absolute Gasteiger partial charge is 0.480 e. The van der Waals surface area contributed by atoms with Gasteiger partial charge in [-0.2, -0.15) is 13.2 Å². The smallest absolute Gasteiger partial charge is 0.405 e. The topological polar surface area (TPSA) is 111 Å². The fourth-order valence-corrected chi connectivity index (χ4v) is 5.17. The minimum absolute atomic E-state index is 0.00306. The van der Waals surface area contributed by atoms with Gasteiger partial charge in [-0.25, -0.2) is 4.98 Å². The van der Waals surface area contributed by atoms with Crippen molar-refractivity contribution >= 4 is 23.2 Å². The Bertz CT molecular complexity index is 1170. The third-order valence-electron chi connectivity index (χ3n) is 7.10. The number of fused-ring (bicyclic) bond motifs is 1. The summed E-state index contributed by atoms with van der Waals surface area (Å²) < 4.78 is 44.2. The van der Waals surface area contributed by atoms with Crippen molar-refractivity contribution in [3.05, 3.63) is 52.7 Å². The Labute approximate surface area is 226 Å². The summed E-state index contributed by atoms with van der Waals surface area (Å²) in [5.41, 5.74) is 2.95. The van der Waals surface area contributed by atoms with E-state index in [1.165, 1.54) is 24.6 Å². The van der Waals surface area contributed by atoms with Crippen molar-refractivity contribution in [2.75, 3.05) is 43.4 Å². The second-order valence-corrected chi connectivity index (χ2v) is 10.2. The van der Waals surface area contributed by atoms with Gasteiger partial charge in [0.25, 0.3) is 0 Å². The van der Waals surface area contributed by atoms with E-state index in [9.17, 15) is 23.1 Å². The third-order valence-corrected chi connectivity index (χ3v) is 7.10. The molecule has 0 aliphatic carbocycles. The molecule has 3 heterocycles. The van der Waals surface area contributed by atoms with Crippen LogP contribution in [0.4, 0.5) is 24.7 Å². The number of rotatable bonds is 13. The van der Waals surface area contributed by atoms with Crippen molar-refractivity contribution in [3.63, 3.8) is 0 Å². The van der Waals surface area contributed by atoms with E-state index in [1.807, 2.05) is 0 Å². The molecule has 212 valence electrons. The van der Waals surface area contributed by atoms with Crippen LogP contribution in [-0.4, -0.2) is 71.7 Å². The molecule has 8 nitrogen and oxygen atoms in total. The molecule has 2 aromatic rings. The number of likely N-dealkylation sites (tertiary alicyclic amines) is 1. The van der Waals surface area contributed by atoms with Crippen molar-refractivity contribution in [2.24, 2.45) is 0 Å². The Morgan fingerprint density at radius 3 is 2.77 bits per heavy atom. The lowest BCUT2D eigenvalue weighted by molar-refractivity contribution is -0.151. The average Bonchev–Trinajstić information content (AvgIpc) is 2.86. The quantitative estimate of drug-likeness (QED) is 0.205. The normalized spacial score (nSPS) is 16.6. The van der Waals surface area contributed by atoms with Gasteiger partial charge >= 0.3 is 12.1 Å². The number of nitrogens with zero attached hydrogens (tertiary/aromatic N) is 2. The minimum Gasteiger partial charge on any atom is -0.480 e. The van der Waals surface area contributed by atoms with E-state index in [0.29, 0.717) is 25.3 Å². The standard InChI is InChI=1S/C28H36F3N5O3/c1-18(32)24-22(9-5-10-23(24)34-17-28(29,30)31)25(27(37)38)36-15-21(16-36)39-14-4-2-3-8-20-12-11-19-7-6-13-33-26(19)35-20/h5,9-12,21,25,32,34H,2-4,6-8,13-17H2,1H3,(H,33,35)(H,37,38). The van der Waals surface area contributed by atoms with Gasteiger partial charge < -0.3 is 25.9 Å². The molecule has 1 aromatic carbocycles. The number of unbranched alkanes of at least 4 members (excludes halogenated alkanes) is 2. The number of ether oxygens (including phenoxy) is 1. The Hall–Kier alpha value is -3.18. The average molecular weight is 548 g/mol. The fourth-order valence-electron chi connectivity index (χ4n) is 5.17. The molecule has 1 fully saturated rings. The lowest BCUT2D eigenvalue weighted by Crippen LogP contribution is -2.55. The number of carboxylic acid groups (broad SMARTS) is 1. The molecule has 4 rings (SSSR count). The Balaban J connectivity index is 1.24. The van der Waals surface area contributed by atoms with Crippen LogP contribution in [0.15, 0.2) is 30.3 Å². The van der Waals surface area contributed by atoms with Crippen LogP contribution in [0.3, 0.4) is 0 Å². The first-order valence-electron chi connectivity index (χ1n) is 13.4. The van der Waals surface area contributed by atoms with E-state index in [0.717, 1.165) is 56.6 Å². The molecule has 2 aliphatic rings. The first kappa shape index (κ1) is 28.8. The number of halogens is 3. The van der Waals surface area contributed by atoms with Crippen molar-refractivity contribution < 1.29 is 27.8 Å². The van der Waals surface area contributed by atoms with Crippen molar-refractivity contribution in [3.8, 4) is 0 Å². The predicted molar refractivity (Wildman–Crippen MR) is 144 cm³/mol. The number of nitrogens with one attached hydrogen (secondary N) is 3. The van der Waals surface area contributed by atoms with Gasteiger partial charge in [0.05, 0.1) is 6.10 Å². The van der Waals surface area contributed by atoms with Crippen LogP contribution in [0.2, 0.25) is 0 Å². The van der Waals surface area contributed by atoms with Gasteiger partial charge in [-0.05, 0) is 62.3 Å². The maximum Gasteiger partial charge on any atom is 0.405 e. The summed E-state index contributed by atoms with van der Waals surface area (Å²) in [5, 5.41) is 23.8. The molecule has 0 saturated carbocycles. The van der Waals surface area contributed by atoms with Crippen molar-refractivity contribution in [1.82, 2.24) is 9.88 Å². The maximum atomic E-state index is 12.8. The zero-order valence-corrected chi connectivity index (χ0v) is 22.1. The molecule has 4 N–H and O–H groups in total. The highest BCUT2D eigenvalue weighted by Gasteiger charge is 2.39. The molecular weight excluding hydrogens is 511 g/mol. The van der Waals surface area contributed by atoms with Crippen LogP contribution in [0, 0.1) is 5.41 Å². The molecule has 1 unspecified atom stereocenters. The number of aromatic nitrogens is 1. The van der Waals surface area contributed by atoms with Crippen LogP contribution in [0.1, 0.15) is 61.0 Å². The van der Waals surface area contributed by atoms with Gasteiger partial charge in [-0.3, -0.25) is 9.69 Å². The molecule has 1 aromatic heterocycles. The summed E-state index contributed by atoms with van der Waals surface area (Å²) in [6, 6.07) is 7.71. The first-order chi connectivity index (χ1) is 18.6. The molecule has 0 bridgehead atoms. The zero-order chi connectivity index (χ0) is 28.0. The molecule has 2 aliphatic heterocycles. The number of hydrogen-bond acceptors (Lipinski definition) is 7. The number of carboxylic acids is 1. The zero-order valence-electron chi connectivity index (χ0n) is 22.1. The molecule has 11 heteroatoms. The summed E-state index contributed by atoms with van der Waals surface area (Å²) in [6.45, 7) is 2.53. The fraction of sp³-hybridized carbons (Fsp3) is 0.536. The van der Waals surface area contributed by atoms with Crippen LogP contribution >= 0.6 is 0 Å². The number of carbonyl (C=O) groups is 1. The number of hydrogen-bond donors (Lipinski definition) is 4. The van der Waals surface area contributed by atoms with Gasteiger partial charge in [0.2, 0.25) is 0 Å². The number of alkyl halides is 3. The molecule has 0 amide bonds. The van der Waals surface area contributed by atoms with Gasteiger partial charge in [0, 0.05) is 48.9 Å². The molecule has 1 saturated heterocycles. The van der Waals surface area contributed by atoms with Crippen LogP contribution < -0.4 is 10.6 Å². The Morgan fingerprint density at radius 1 is 1.26 bits per heavy atom. The SMILES string of the molecule is CC(=N)c1c(NCC(F)(F)F)cccc1C(C(=O)O)N1CC(OCCCCCc2ccc3c(n2)NCCC3)C1. The van der Waals surface area contributed by atoms with Gasteiger partial charge in [-0.15, -0.1) is 0 Å². The van der Waals surface area contributed by atoms with Crippen LogP contribution in [-0.2, 0) is 22.4 Å². The minimum atomic E-state index is -4.44. The number of aryl methyl sites for hydroxylation is 2. The molecule has 0 spiro atoms. The van der Waals surface area contributed by atoms with Gasteiger partial charge in [0.1, 0.15) is 18.4 Å². The molecule has 1 atom stereocenters. The molecule has 39 heavy (non-hydrogen) atoms. The molecule has 0 radical (unpaired) electrons.